The summed E-state index contributed by atoms with van der Waals surface area (Å²) in [6, 6.07) is 34.7. The monoisotopic (exact) mass is 1600 g/mol. The first-order valence-electron chi connectivity index (χ1n) is 35.8. The molecular weight excluding hydrogens is 1530 g/mol. The fourth-order valence-electron chi connectivity index (χ4n) is 13.0. The molecule has 1 aliphatic rings. The van der Waals surface area contributed by atoms with Crippen LogP contribution in [0.4, 0.5) is 34.9 Å². The number of halogens is 3. The van der Waals surface area contributed by atoms with Gasteiger partial charge >= 0.3 is 0 Å². The molecule has 5 aromatic carbocycles. The molecule has 0 spiro atoms. The third-order valence-electron chi connectivity index (χ3n) is 18.4. The minimum absolute atomic E-state index is 0.0635. The zero-order valence-electron chi connectivity index (χ0n) is 62.3. The van der Waals surface area contributed by atoms with Crippen LogP contribution in [0.3, 0.4) is 0 Å². The smallest absolute Gasteiger partial charge is 0.228 e. The second kappa shape index (κ2) is 31.9. The molecular formula is C80H67Cl3N32O. The van der Waals surface area contributed by atoms with Crippen LogP contribution in [0.2, 0.25) is 15.1 Å². The van der Waals surface area contributed by atoms with Gasteiger partial charge in [-0.25, -0.2) is 58.9 Å². The molecule has 0 unspecified atom stereocenters. The van der Waals surface area contributed by atoms with E-state index in [-0.39, 0.29) is 5.91 Å². The highest BCUT2D eigenvalue weighted by Crippen LogP contribution is 2.38. The SMILES string of the molecule is Cc1ccn(-c2nc(N)cnc2-c2cc(C)c3[nH]ncc3c2)n1.Cc1ccn(-c2nc(N)cnc2-c2cc(Cl)c3[nH]ncc3c2)n1.Cc1cnn(-c2nc(N)cnc2-c2cc(Cl)c3ncccc3c2)c1.Cn1ccc(-c2nc(N)cnc2-c2cc(Cl)c3[nH]ncc3c2)n1.Nc1cnc(-c2ccc3ncccc3c2)c(N2CCCC2=O)n1. The normalized spacial score (nSPS) is 11.9. The minimum Gasteiger partial charge on any atom is -0.382 e. The molecule has 1 aliphatic heterocycles. The molecule has 13 N–H and O–H groups in total. The van der Waals surface area contributed by atoms with Crippen LogP contribution in [0.1, 0.15) is 35.4 Å². The van der Waals surface area contributed by atoms with Crippen LogP contribution in [0.5, 0.6) is 0 Å². The summed E-state index contributed by atoms with van der Waals surface area (Å²) in [4.78, 5) is 66.6. The van der Waals surface area contributed by atoms with Crippen LogP contribution in [0, 0.1) is 27.7 Å². The molecule has 0 aliphatic carbocycles. The van der Waals surface area contributed by atoms with E-state index in [4.69, 9.17) is 63.5 Å². The molecule has 33 nitrogen and oxygen atoms in total. The zero-order valence-corrected chi connectivity index (χ0v) is 64.6. The second-order valence-electron chi connectivity index (χ2n) is 26.8. The van der Waals surface area contributed by atoms with Crippen molar-refractivity contribution in [3.8, 4) is 85.1 Å². The Kier molecular flexibility index (Phi) is 20.6. The maximum atomic E-state index is 12.1. The number of nitrogen functional groups attached to an aromatic ring is 5. The summed E-state index contributed by atoms with van der Waals surface area (Å²) >= 11 is 19.0. The summed E-state index contributed by atoms with van der Waals surface area (Å²) < 4.78 is 6.72. The predicted octanol–water partition coefficient (Wildman–Crippen LogP) is 13.6. The maximum Gasteiger partial charge on any atom is 0.228 e. The molecule has 1 fully saturated rings. The Morgan fingerprint density at radius 3 is 1.41 bits per heavy atom. The average Bonchev–Trinajstić information content (AvgIpc) is 1.35. The fourth-order valence-corrected chi connectivity index (χ4v) is 13.8. The van der Waals surface area contributed by atoms with Crippen molar-refractivity contribution in [3.05, 3.63) is 240 Å². The van der Waals surface area contributed by atoms with Gasteiger partial charge in [0.05, 0.1) is 116 Å². The van der Waals surface area contributed by atoms with E-state index in [0.29, 0.717) is 115 Å². The number of hydrogen-bond donors (Lipinski definition) is 8. The van der Waals surface area contributed by atoms with Gasteiger partial charge in [-0.05, 0) is 136 Å². The Labute approximate surface area is 673 Å². The number of benzene rings is 5. The first-order chi connectivity index (χ1) is 56.2. The summed E-state index contributed by atoms with van der Waals surface area (Å²) in [5.41, 5.74) is 46.2. The van der Waals surface area contributed by atoms with Gasteiger partial charge in [-0.2, -0.15) is 35.7 Å². The van der Waals surface area contributed by atoms with E-state index in [1.807, 2.05) is 163 Å². The van der Waals surface area contributed by atoms with Gasteiger partial charge in [-0.1, -0.05) is 53.0 Å². The summed E-state index contributed by atoms with van der Waals surface area (Å²) in [7, 11) is 1.84. The predicted molar refractivity (Wildman–Crippen MR) is 448 cm³/mol. The molecule has 0 radical (unpaired) electrons. The van der Waals surface area contributed by atoms with Gasteiger partial charge in [0.2, 0.25) is 5.91 Å². The molecule has 36 heteroatoms. The Morgan fingerprint density at radius 1 is 0.414 bits per heavy atom. The number of aromatic amines is 3. The first kappa shape index (κ1) is 75.0. The van der Waals surface area contributed by atoms with E-state index in [9.17, 15) is 4.79 Å². The average molecular weight is 1600 g/mol. The third-order valence-corrected chi connectivity index (χ3v) is 19.2. The largest absolute Gasteiger partial charge is 0.382 e. The van der Waals surface area contributed by atoms with E-state index in [1.165, 1.54) is 24.8 Å². The number of anilines is 6. The number of nitrogens with zero attached hydrogens (tertiary/aromatic N) is 24. The van der Waals surface area contributed by atoms with Crippen LogP contribution in [0.25, 0.3) is 140 Å². The molecule has 0 saturated carbocycles. The quantitative estimate of drug-likeness (QED) is 0.0630. The lowest BCUT2D eigenvalue weighted by atomic mass is 10.0. The molecule has 19 aromatic rings. The maximum absolute atomic E-state index is 12.1. The number of carbonyl (C=O) groups is 1. The number of pyridine rings is 2. The number of hydrogen-bond acceptors (Lipinski definition) is 25. The van der Waals surface area contributed by atoms with Gasteiger partial charge in [0.1, 0.15) is 63.3 Å². The number of aromatic nitrogens is 26. The van der Waals surface area contributed by atoms with Gasteiger partial charge in [0, 0.05) is 112 Å². The first-order valence-corrected chi connectivity index (χ1v) is 36.9. The van der Waals surface area contributed by atoms with Gasteiger partial charge in [0.15, 0.2) is 23.3 Å². The van der Waals surface area contributed by atoms with Crippen molar-refractivity contribution in [3.63, 3.8) is 0 Å². The number of amides is 1. The van der Waals surface area contributed by atoms with Crippen LogP contribution in [-0.2, 0) is 11.8 Å². The molecule has 0 bridgehead atoms. The summed E-state index contributed by atoms with van der Waals surface area (Å²) in [5.74, 6) is 3.99. The molecule has 116 heavy (non-hydrogen) atoms. The van der Waals surface area contributed by atoms with Crippen LogP contribution >= 0.6 is 34.8 Å². The number of rotatable bonds is 10. The highest BCUT2D eigenvalue weighted by atomic mass is 35.5. The number of carbonyl (C=O) groups excluding carboxylic acids is 1. The van der Waals surface area contributed by atoms with Crippen LogP contribution in [-0.4, -0.2) is 142 Å². The highest BCUT2D eigenvalue weighted by Gasteiger charge is 2.28. The van der Waals surface area contributed by atoms with E-state index < -0.39 is 0 Å². The topological polar surface area (TPSA) is 462 Å². The van der Waals surface area contributed by atoms with Crippen LogP contribution < -0.4 is 33.6 Å². The van der Waals surface area contributed by atoms with Crippen molar-refractivity contribution in [1.29, 1.82) is 0 Å². The zero-order chi connectivity index (χ0) is 80.4. The van der Waals surface area contributed by atoms with E-state index in [0.717, 1.165) is 117 Å². The molecule has 1 saturated heterocycles. The minimum atomic E-state index is 0.0635. The van der Waals surface area contributed by atoms with Gasteiger partial charge < -0.3 is 28.7 Å². The van der Waals surface area contributed by atoms with E-state index in [1.54, 1.807) is 67.0 Å². The van der Waals surface area contributed by atoms with E-state index in [2.05, 4.69) is 117 Å². The van der Waals surface area contributed by atoms with Gasteiger partial charge in [0.25, 0.3) is 0 Å². The van der Waals surface area contributed by atoms with Crippen molar-refractivity contribution in [2.24, 2.45) is 7.05 Å². The Balaban J connectivity index is 0.000000109. The molecule has 15 heterocycles. The van der Waals surface area contributed by atoms with Crippen molar-refractivity contribution in [2.75, 3.05) is 40.1 Å². The van der Waals surface area contributed by atoms with E-state index >= 15 is 0 Å². The lowest BCUT2D eigenvalue weighted by molar-refractivity contribution is -0.117. The highest BCUT2D eigenvalue weighted by molar-refractivity contribution is 6.36. The summed E-state index contributed by atoms with van der Waals surface area (Å²) in [6.07, 6.45) is 26.9. The summed E-state index contributed by atoms with van der Waals surface area (Å²) in [5, 5.41) is 44.8. The molecule has 20 rings (SSSR count). The van der Waals surface area contributed by atoms with Crippen molar-refractivity contribution in [1.82, 2.24) is 130 Å². The number of H-pyrrole nitrogens is 3. The number of nitrogens with one attached hydrogen (secondary N) is 3. The third kappa shape index (κ3) is 15.8. The Hall–Kier alpha value is -15.1. The van der Waals surface area contributed by atoms with Crippen LogP contribution in [0.15, 0.2) is 202 Å². The number of aryl methyl sites for hydroxylation is 5. The lowest BCUT2D eigenvalue weighted by Gasteiger charge is -2.18. The fraction of sp³-hybridized carbons (Fsp3) is 0.100. The standard InChI is InChI=1S/C17H13ClN6.C17H15N5O.C16H15N7.2C15H12ClN7/c1-10-7-22-24(9-10)17-16(21-8-14(19)23-17)12-5-11-3-2-4-20-15(11)13(18)6-12;18-14-10-20-16(17(21-14)22-8-2-4-15(22)23)12-5-6-13-11(9-12)3-1-7-19-13;1-9-5-11(6-12-7-19-21-14(9)12)15-16(20-13(17)8-18-15)23-4-3-10(2)22-23;1-23-3-2-11(22-23)15-14(18-7-12(17)20-15)8-4-9-6-19-21-13(9)10(16)5-8;1-8-2-3-23(22-8)15-14(18-7-12(17)20-15)9-4-10-6-19-21-13(10)11(16)5-9/h2-9H,1H3,(H2,19,23);1,3,5-7,9-10H,2,4,8H2,(H2,18,21);3-8H,1-2H3,(H2,17,20)(H,19,21);2*2-7H,1H3,(H2,17,20)(H,19,21). The number of fused-ring (bicyclic) bond motifs is 5. The summed E-state index contributed by atoms with van der Waals surface area (Å²) in [6.45, 7) is 8.48. The lowest BCUT2D eigenvalue weighted by Crippen LogP contribution is -2.26. The molecule has 0 atom stereocenters. The van der Waals surface area contributed by atoms with Crippen molar-refractivity contribution in [2.45, 2.75) is 40.5 Å². The van der Waals surface area contributed by atoms with Crippen molar-refractivity contribution < 1.29 is 4.79 Å². The Morgan fingerprint density at radius 2 is 0.888 bits per heavy atom. The molecule has 14 aromatic heterocycles. The number of nitrogens with two attached hydrogens (primary N) is 5. The molecule has 574 valence electrons. The van der Waals surface area contributed by atoms with Gasteiger partial charge in [-0.15, -0.1) is 0 Å². The van der Waals surface area contributed by atoms with Crippen molar-refractivity contribution >= 4 is 130 Å². The second-order valence-corrected chi connectivity index (χ2v) is 28.0. The Bertz CT molecular complexity index is 6520. The van der Waals surface area contributed by atoms with Gasteiger partial charge in [-0.3, -0.25) is 44.6 Å². The molecule has 1 amide bonds.